The molecule has 104 valence electrons. The summed E-state index contributed by atoms with van der Waals surface area (Å²) in [4.78, 5) is 13.6. The highest BCUT2D eigenvalue weighted by Gasteiger charge is 2.20. The van der Waals surface area contributed by atoms with Gasteiger partial charge in [-0.25, -0.2) is 0 Å². The second kappa shape index (κ2) is 5.93. The summed E-state index contributed by atoms with van der Waals surface area (Å²) in [5.41, 5.74) is 12.0. The Labute approximate surface area is 113 Å². The van der Waals surface area contributed by atoms with Crippen molar-refractivity contribution in [3.8, 4) is 5.75 Å². The van der Waals surface area contributed by atoms with Crippen LogP contribution in [-0.4, -0.2) is 37.0 Å². The Morgan fingerprint density at radius 2 is 2.26 bits per heavy atom. The normalized spacial score (nSPS) is 20.2. The van der Waals surface area contributed by atoms with E-state index in [2.05, 4.69) is 11.9 Å². The highest BCUT2D eigenvalue weighted by atomic mass is 16.5. The van der Waals surface area contributed by atoms with Crippen molar-refractivity contribution in [2.45, 2.75) is 25.3 Å². The number of amides is 1. The predicted molar refractivity (Wildman–Crippen MR) is 75.1 cm³/mol. The van der Waals surface area contributed by atoms with Crippen LogP contribution in [0.25, 0.3) is 0 Å². The van der Waals surface area contributed by atoms with Gasteiger partial charge in [0.1, 0.15) is 12.4 Å². The minimum absolute atomic E-state index is 0.382. The molecule has 1 aliphatic heterocycles. The van der Waals surface area contributed by atoms with Gasteiger partial charge in [0.25, 0.3) is 5.91 Å². The Balaban J connectivity index is 2.05. The minimum Gasteiger partial charge on any atom is -0.491 e. The summed E-state index contributed by atoms with van der Waals surface area (Å²) in [5.74, 6) is -0.0153. The number of hydrogen-bond acceptors (Lipinski definition) is 4. The van der Waals surface area contributed by atoms with Crippen molar-refractivity contribution in [3.63, 3.8) is 0 Å². The lowest BCUT2D eigenvalue weighted by Crippen LogP contribution is -2.40. The van der Waals surface area contributed by atoms with Crippen LogP contribution in [0.1, 0.15) is 29.6 Å². The number of piperidine rings is 1. The number of nitrogens with zero attached hydrogens (tertiary/aromatic N) is 1. The van der Waals surface area contributed by atoms with E-state index < -0.39 is 5.91 Å². The molecule has 1 saturated heterocycles. The number of carbonyl (C=O) groups is 1. The number of nitrogens with two attached hydrogens (primary N) is 2. The van der Waals surface area contributed by atoms with Crippen molar-refractivity contribution in [3.05, 3.63) is 23.8 Å². The van der Waals surface area contributed by atoms with Crippen LogP contribution in [0.4, 0.5) is 5.69 Å². The maximum absolute atomic E-state index is 11.3. The van der Waals surface area contributed by atoms with Gasteiger partial charge in [0.15, 0.2) is 0 Å². The van der Waals surface area contributed by atoms with E-state index in [4.69, 9.17) is 16.2 Å². The molecule has 1 unspecified atom stereocenters. The summed E-state index contributed by atoms with van der Waals surface area (Å²) in [6, 6.07) is 5.30. The smallest absolute Gasteiger partial charge is 0.252 e. The first-order chi connectivity index (χ1) is 9.08. The molecule has 19 heavy (non-hydrogen) atoms. The van der Waals surface area contributed by atoms with Crippen molar-refractivity contribution in [2.24, 2.45) is 5.73 Å². The van der Waals surface area contributed by atoms with Gasteiger partial charge in [-0.1, -0.05) is 6.42 Å². The zero-order valence-electron chi connectivity index (χ0n) is 11.3. The van der Waals surface area contributed by atoms with Crippen LogP contribution < -0.4 is 16.2 Å². The van der Waals surface area contributed by atoms with E-state index in [1.807, 2.05) is 0 Å². The van der Waals surface area contributed by atoms with E-state index in [0.717, 1.165) is 13.0 Å². The molecule has 1 aliphatic rings. The summed E-state index contributed by atoms with van der Waals surface area (Å²) in [5, 5.41) is 0. The highest BCUT2D eigenvalue weighted by molar-refractivity contribution is 5.96. The molecule has 1 fully saturated rings. The van der Waals surface area contributed by atoms with Crippen LogP contribution in [0.15, 0.2) is 18.2 Å². The SMILES string of the molecule is CN1CCCCC1COc1cc(N)ccc1C(N)=O. The van der Waals surface area contributed by atoms with Crippen LogP contribution in [0.3, 0.4) is 0 Å². The number of benzene rings is 1. The van der Waals surface area contributed by atoms with Crippen LogP contribution in [0, 0.1) is 0 Å². The molecule has 5 nitrogen and oxygen atoms in total. The number of nitrogen functional groups attached to an aromatic ring is 1. The van der Waals surface area contributed by atoms with E-state index in [0.29, 0.717) is 29.6 Å². The molecule has 2 rings (SSSR count). The maximum Gasteiger partial charge on any atom is 0.252 e. The van der Waals surface area contributed by atoms with E-state index in [1.54, 1.807) is 18.2 Å². The lowest BCUT2D eigenvalue weighted by Gasteiger charge is -2.32. The molecule has 5 heteroatoms. The molecular weight excluding hydrogens is 242 g/mol. The van der Waals surface area contributed by atoms with Crippen LogP contribution in [0.2, 0.25) is 0 Å². The van der Waals surface area contributed by atoms with Crippen molar-refractivity contribution < 1.29 is 9.53 Å². The third kappa shape index (κ3) is 3.38. The average molecular weight is 263 g/mol. The Bertz CT molecular complexity index is 462. The first-order valence-corrected chi connectivity index (χ1v) is 6.60. The van der Waals surface area contributed by atoms with E-state index in [9.17, 15) is 4.79 Å². The number of primary amides is 1. The van der Waals surface area contributed by atoms with Crippen LogP contribution >= 0.6 is 0 Å². The van der Waals surface area contributed by atoms with Gasteiger partial charge >= 0.3 is 0 Å². The fourth-order valence-electron chi connectivity index (χ4n) is 2.40. The summed E-state index contributed by atoms with van der Waals surface area (Å²) in [7, 11) is 2.10. The first-order valence-electron chi connectivity index (χ1n) is 6.60. The average Bonchev–Trinajstić information content (AvgIpc) is 2.37. The Morgan fingerprint density at radius 1 is 1.47 bits per heavy atom. The van der Waals surface area contributed by atoms with E-state index in [1.165, 1.54) is 12.8 Å². The lowest BCUT2D eigenvalue weighted by atomic mass is 10.0. The van der Waals surface area contributed by atoms with Gasteiger partial charge in [-0.15, -0.1) is 0 Å². The molecule has 0 bridgehead atoms. The van der Waals surface area contributed by atoms with Crippen molar-refractivity contribution in [1.29, 1.82) is 0 Å². The molecule has 0 aliphatic carbocycles. The molecule has 1 heterocycles. The van der Waals surface area contributed by atoms with Crippen molar-refractivity contribution in [1.82, 2.24) is 4.90 Å². The second-order valence-electron chi connectivity index (χ2n) is 5.06. The Hall–Kier alpha value is -1.75. The van der Waals surface area contributed by atoms with Gasteiger partial charge in [-0.05, 0) is 38.6 Å². The molecule has 0 spiro atoms. The summed E-state index contributed by atoms with van der Waals surface area (Å²) in [6.45, 7) is 1.65. The van der Waals surface area contributed by atoms with Crippen LogP contribution in [0.5, 0.6) is 5.75 Å². The number of ether oxygens (including phenoxy) is 1. The summed E-state index contributed by atoms with van der Waals surface area (Å²) in [6.07, 6.45) is 3.57. The first kappa shape index (κ1) is 13.7. The highest BCUT2D eigenvalue weighted by Crippen LogP contribution is 2.23. The number of likely N-dealkylation sites (tertiary alicyclic amines) is 1. The maximum atomic E-state index is 11.3. The number of carbonyl (C=O) groups excluding carboxylic acids is 1. The molecular formula is C14H21N3O2. The molecule has 1 aromatic rings. The fourth-order valence-corrected chi connectivity index (χ4v) is 2.40. The van der Waals surface area contributed by atoms with Gasteiger partial charge in [0.05, 0.1) is 5.56 Å². The molecule has 1 atom stereocenters. The second-order valence-corrected chi connectivity index (χ2v) is 5.06. The third-order valence-electron chi connectivity index (χ3n) is 3.62. The number of hydrogen-bond donors (Lipinski definition) is 2. The molecule has 1 aromatic carbocycles. The number of rotatable bonds is 4. The topological polar surface area (TPSA) is 81.6 Å². The molecule has 0 saturated carbocycles. The van der Waals surface area contributed by atoms with Gasteiger partial charge in [0, 0.05) is 17.8 Å². The summed E-state index contributed by atoms with van der Waals surface area (Å²) < 4.78 is 5.77. The van der Waals surface area contributed by atoms with Gasteiger partial charge in [0.2, 0.25) is 0 Å². The Kier molecular flexibility index (Phi) is 4.27. The molecule has 0 aromatic heterocycles. The minimum atomic E-state index is -0.494. The monoisotopic (exact) mass is 263 g/mol. The third-order valence-corrected chi connectivity index (χ3v) is 3.62. The van der Waals surface area contributed by atoms with Crippen LogP contribution in [-0.2, 0) is 0 Å². The molecule has 1 amide bonds. The van der Waals surface area contributed by atoms with Crippen molar-refractivity contribution in [2.75, 3.05) is 25.9 Å². The largest absolute Gasteiger partial charge is 0.491 e. The van der Waals surface area contributed by atoms with E-state index in [-0.39, 0.29) is 0 Å². The fraction of sp³-hybridized carbons (Fsp3) is 0.500. The van der Waals surface area contributed by atoms with Gasteiger partial charge in [-0.3, -0.25) is 4.79 Å². The number of anilines is 1. The van der Waals surface area contributed by atoms with Crippen molar-refractivity contribution >= 4 is 11.6 Å². The number of likely N-dealkylation sites (N-methyl/N-ethyl adjacent to an activating group) is 1. The lowest BCUT2D eigenvalue weighted by molar-refractivity contribution is 0.0987. The predicted octanol–water partition coefficient (Wildman–Crippen LogP) is 1.23. The Morgan fingerprint density at radius 3 is 2.95 bits per heavy atom. The molecule has 4 N–H and O–H groups in total. The standard InChI is InChI=1S/C14H21N3O2/c1-17-7-3-2-4-11(17)9-19-13-8-10(15)5-6-12(13)14(16)18/h5-6,8,11H,2-4,7,9,15H2,1H3,(H2,16,18). The van der Waals surface area contributed by atoms with Gasteiger partial charge < -0.3 is 21.1 Å². The quantitative estimate of drug-likeness (QED) is 0.801. The van der Waals surface area contributed by atoms with Gasteiger partial charge in [-0.2, -0.15) is 0 Å². The zero-order valence-corrected chi connectivity index (χ0v) is 11.3. The zero-order chi connectivity index (χ0) is 13.8. The van der Waals surface area contributed by atoms with E-state index >= 15 is 0 Å². The summed E-state index contributed by atoms with van der Waals surface area (Å²) >= 11 is 0. The molecule has 0 radical (unpaired) electrons.